The predicted octanol–water partition coefficient (Wildman–Crippen LogP) is 2.88. The zero-order valence-electron chi connectivity index (χ0n) is 22.4. The standard InChI is InChI=1S/C27H34FN7O3S/c1-17(2)18-4-5-22(34-13-27(14-34)15-35(16-27)39(3,37)38)20-11-30-25(10-19(18)20)31-24-6-8-29-26(32-24)33-9-7-23(36)21(28)12-33/h4-6,8,10-11,17,21,23,36H,7,9,12-16H2,1-3H3,(H,29,30,31,32). The minimum Gasteiger partial charge on any atom is -0.390 e. The number of pyridine rings is 1. The summed E-state index contributed by atoms with van der Waals surface area (Å²) in [6, 6.07) is 8.10. The smallest absolute Gasteiger partial charge is 0.227 e. The lowest BCUT2D eigenvalue weighted by atomic mass is 9.74. The topological polar surface area (TPSA) is 115 Å². The number of benzene rings is 1. The number of halogens is 1. The van der Waals surface area contributed by atoms with Crippen molar-refractivity contribution in [2.75, 3.05) is 60.6 Å². The van der Waals surface area contributed by atoms with Gasteiger partial charge in [0.15, 0.2) is 0 Å². The molecule has 1 spiro atoms. The maximum absolute atomic E-state index is 14.1. The molecule has 2 unspecified atom stereocenters. The van der Waals surface area contributed by atoms with Gasteiger partial charge in [-0.25, -0.2) is 27.1 Å². The maximum Gasteiger partial charge on any atom is 0.227 e. The van der Waals surface area contributed by atoms with Crippen molar-refractivity contribution in [3.05, 3.63) is 42.2 Å². The Kier molecular flexibility index (Phi) is 6.39. The van der Waals surface area contributed by atoms with Crippen molar-refractivity contribution >= 4 is 44.1 Å². The third-order valence-corrected chi connectivity index (χ3v) is 9.30. The van der Waals surface area contributed by atoms with Gasteiger partial charge in [-0.1, -0.05) is 19.9 Å². The minimum absolute atomic E-state index is 0.0420. The van der Waals surface area contributed by atoms with Crippen molar-refractivity contribution < 1.29 is 17.9 Å². The van der Waals surface area contributed by atoms with Gasteiger partial charge in [0.05, 0.1) is 18.9 Å². The molecule has 2 N–H and O–H groups in total. The first-order valence-electron chi connectivity index (χ1n) is 13.3. The lowest BCUT2D eigenvalue weighted by Crippen LogP contribution is -2.72. The van der Waals surface area contributed by atoms with Gasteiger partial charge in [-0.3, -0.25) is 0 Å². The van der Waals surface area contributed by atoms with Crippen LogP contribution in [0.4, 0.5) is 27.7 Å². The highest BCUT2D eigenvalue weighted by Gasteiger charge is 2.54. The molecule has 0 aliphatic carbocycles. The highest BCUT2D eigenvalue weighted by Crippen LogP contribution is 2.45. The van der Waals surface area contributed by atoms with E-state index in [1.807, 2.05) is 12.3 Å². The zero-order valence-corrected chi connectivity index (χ0v) is 23.2. The van der Waals surface area contributed by atoms with Gasteiger partial charge in [0.1, 0.15) is 17.8 Å². The van der Waals surface area contributed by atoms with E-state index in [2.05, 4.69) is 46.2 Å². The van der Waals surface area contributed by atoms with Gasteiger partial charge in [0.2, 0.25) is 16.0 Å². The fourth-order valence-electron chi connectivity index (χ4n) is 5.94. The van der Waals surface area contributed by atoms with Crippen LogP contribution in [-0.2, 0) is 10.0 Å². The minimum atomic E-state index is -3.13. The van der Waals surface area contributed by atoms with Crippen molar-refractivity contribution in [3.8, 4) is 0 Å². The van der Waals surface area contributed by atoms with Crippen LogP contribution in [0.25, 0.3) is 10.8 Å². The fraction of sp³-hybridized carbons (Fsp3) is 0.519. The molecule has 3 aromatic rings. The second-order valence-corrected chi connectivity index (χ2v) is 13.5. The lowest BCUT2D eigenvalue weighted by molar-refractivity contribution is 0.0402. The van der Waals surface area contributed by atoms with Gasteiger partial charge in [-0.2, -0.15) is 4.98 Å². The normalized spacial score (nSPS) is 23.2. The molecule has 5 heterocycles. The van der Waals surface area contributed by atoms with Crippen LogP contribution in [0.15, 0.2) is 36.7 Å². The molecule has 2 atom stereocenters. The molecule has 10 nitrogen and oxygen atoms in total. The number of hydrogen-bond donors (Lipinski definition) is 2. The van der Waals surface area contributed by atoms with Crippen LogP contribution in [0.5, 0.6) is 0 Å². The Morgan fingerprint density at radius 1 is 1.08 bits per heavy atom. The van der Waals surface area contributed by atoms with Crippen molar-refractivity contribution in [2.24, 2.45) is 5.41 Å². The first-order valence-corrected chi connectivity index (χ1v) is 15.2. The predicted molar refractivity (Wildman–Crippen MR) is 150 cm³/mol. The number of alkyl halides is 1. The quantitative estimate of drug-likeness (QED) is 0.474. The van der Waals surface area contributed by atoms with E-state index >= 15 is 0 Å². The first-order chi connectivity index (χ1) is 18.5. The summed E-state index contributed by atoms with van der Waals surface area (Å²) in [5, 5.41) is 15.1. The van der Waals surface area contributed by atoms with Gasteiger partial charge < -0.3 is 20.2 Å². The van der Waals surface area contributed by atoms with E-state index in [4.69, 9.17) is 4.98 Å². The van der Waals surface area contributed by atoms with Gasteiger partial charge in [-0.15, -0.1) is 0 Å². The molecule has 3 fully saturated rings. The molecule has 0 radical (unpaired) electrons. The van der Waals surface area contributed by atoms with Crippen LogP contribution in [0.1, 0.15) is 31.7 Å². The molecule has 12 heteroatoms. The Morgan fingerprint density at radius 3 is 2.54 bits per heavy atom. The van der Waals surface area contributed by atoms with E-state index in [1.165, 1.54) is 11.8 Å². The van der Waals surface area contributed by atoms with Crippen molar-refractivity contribution in [2.45, 2.75) is 38.5 Å². The van der Waals surface area contributed by atoms with E-state index in [9.17, 15) is 17.9 Å². The number of piperidine rings is 1. The Labute approximate surface area is 227 Å². The summed E-state index contributed by atoms with van der Waals surface area (Å²) in [5.41, 5.74) is 2.36. The van der Waals surface area contributed by atoms with Crippen LogP contribution in [0.3, 0.4) is 0 Å². The van der Waals surface area contributed by atoms with Crippen LogP contribution >= 0.6 is 0 Å². The second-order valence-electron chi connectivity index (χ2n) is 11.5. The number of sulfonamides is 1. The molecule has 6 rings (SSSR count). The first kappa shape index (κ1) is 26.1. The largest absolute Gasteiger partial charge is 0.390 e. The van der Waals surface area contributed by atoms with Crippen molar-refractivity contribution in [1.29, 1.82) is 0 Å². The molecule has 208 valence electrons. The van der Waals surface area contributed by atoms with Gasteiger partial charge in [-0.05, 0) is 41.5 Å². The molecule has 3 saturated heterocycles. The van der Waals surface area contributed by atoms with Crippen molar-refractivity contribution in [3.63, 3.8) is 0 Å². The molecule has 0 bridgehead atoms. The zero-order chi connectivity index (χ0) is 27.5. The van der Waals surface area contributed by atoms with Gasteiger partial charge in [0, 0.05) is 61.6 Å². The molecular weight excluding hydrogens is 521 g/mol. The number of aromatic nitrogens is 3. The molecule has 3 aliphatic rings. The number of nitrogens with zero attached hydrogens (tertiary/aromatic N) is 6. The third-order valence-electron chi connectivity index (χ3n) is 8.11. The second kappa shape index (κ2) is 9.53. The van der Waals surface area contributed by atoms with Gasteiger partial charge in [0.25, 0.3) is 0 Å². The van der Waals surface area contributed by atoms with E-state index < -0.39 is 22.3 Å². The van der Waals surface area contributed by atoms with Crippen LogP contribution in [0, 0.1) is 5.41 Å². The molecule has 2 aromatic heterocycles. The number of rotatable bonds is 6. The van der Waals surface area contributed by atoms with Gasteiger partial charge >= 0.3 is 0 Å². The number of anilines is 4. The van der Waals surface area contributed by atoms with Crippen LogP contribution in [0.2, 0.25) is 0 Å². The summed E-state index contributed by atoms with van der Waals surface area (Å²) in [7, 11) is -3.13. The Hall–Kier alpha value is -3.09. The number of fused-ring (bicyclic) bond motifs is 1. The Balaban J connectivity index is 1.23. The van der Waals surface area contributed by atoms with E-state index in [1.54, 1.807) is 21.5 Å². The fourth-order valence-corrected chi connectivity index (χ4v) is 6.96. The van der Waals surface area contributed by atoms with E-state index in [0.29, 0.717) is 49.6 Å². The molecule has 3 aliphatic heterocycles. The summed E-state index contributed by atoms with van der Waals surface area (Å²) in [6.45, 7) is 7.70. The summed E-state index contributed by atoms with van der Waals surface area (Å²) >= 11 is 0. The lowest BCUT2D eigenvalue weighted by Gasteiger charge is -2.60. The summed E-state index contributed by atoms with van der Waals surface area (Å²) < 4.78 is 39.2. The summed E-state index contributed by atoms with van der Waals surface area (Å²) in [6.07, 6.45) is 2.85. The number of nitrogens with one attached hydrogen (secondary N) is 1. The molecule has 0 amide bonds. The molecule has 0 saturated carbocycles. The third kappa shape index (κ3) is 4.89. The Bertz CT molecular complexity index is 1500. The summed E-state index contributed by atoms with van der Waals surface area (Å²) in [4.78, 5) is 17.6. The SMILES string of the molecule is CC(C)c1ccc(N2CC3(C2)CN(S(C)(=O)=O)C3)c2cnc(Nc3ccnc(N4CCC(O)C(F)C4)n3)cc12. The summed E-state index contributed by atoms with van der Waals surface area (Å²) in [5.74, 6) is 1.92. The van der Waals surface area contributed by atoms with E-state index in [-0.39, 0.29) is 12.0 Å². The molecule has 1 aromatic carbocycles. The van der Waals surface area contributed by atoms with E-state index in [0.717, 1.165) is 29.5 Å². The highest BCUT2D eigenvalue weighted by atomic mass is 32.2. The average Bonchev–Trinajstić information content (AvgIpc) is 2.83. The number of aliphatic hydroxyl groups is 1. The highest BCUT2D eigenvalue weighted by molar-refractivity contribution is 7.88. The van der Waals surface area contributed by atoms with Crippen LogP contribution < -0.4 is 15.1 Å². The van der Waals surface area contributed by atoms with Crippen LogP contribution in [-0.4, -0.2) is 90.6 Å². The molecular formula is C27H34FN7O3S. The molecule has 39 heavy (non-hydrogen) atoms. The monoisotopic (exact) mass is 555 g/mol. The maximum atomic E-state index is 14.1. The number of hydrogen-bond acceptors (Lipinski definition) is 9. The van der Waals surface area contributed by atoms with Crippen molar-refractivity contribution in [1.82, 2.24) is 19.3 Å². The number of aliphatic hydroxyl groups excluding tert-OH is 1. The average molecular weight is 556 g/mol. The Morgan fingerprint density at radius 2 is 1.85 bits per heavy atom.